The van der Waals surface area contributed by atoms with E-state index >= 15 is 0 Å². The molecule has 0 atom stereocenters. The highest BCUT2D eigenvalue weighted by atomic mass is 79.9. The van der Waals surface area contributed by atoms with Gasteiger partial charge in [-0.2, -0.15) is 0 Å². The van der Waals surface area contributed by atoms with Crippen LogP contribution in [0.1, 0.15) is 16.3 Å². The van der Waals surface area contributed by atoms with Crippen LogP contribution in [0, 0.1) is 0 Å². The number of rotatable bonds is 3. The van der Waals surface area contributed by atoms with Crippen molar-refractivity contribution in [3.05, 3.63) is 49.2 Å². The van der Waals surface area contributed by atoms with Crippen molar-refractivity contribution in [2.75, 3.05) is 7.11 Å². The van der Waals surface area contributed by atoms with E-state index in [0.29, 0.717) is 16.1 Å². The molecule has 0 aliphatic rings. The zero-order chi connectivity index (χ0) is 17.6. The van der Waals surface area contributed by atoms with Gasteiger partial charge in [-0.3, -0.25) is 18.5 Å². The van der Waals surface area contributed by atoms with E-state index in [-0.39, 0.29) is 17.8 Å². The largest absolute Gasteiger partial charge is 0.463 e. The average Bonchev–Trinajstić information content (AvgIpc) is 3.16. The van der Waals surface area contributed by atoms with Gasteiger partial charge in [-0.05, 0) is 28.1 Å². The minimum Gasteiger partial charge on any atom is -0.463 e. The molecular weight excluding hydrogens is 384 g/mol. The van der Waals surface area contributed by atoms with E-state index in [0.717, 1.165) is 4.57 Å². The van der Waals surface area contributed by atoms with Crippen molar-refractivity contribution in [2.45, 2.75) is 6.54 Å². The number of fused-ring (bicyclic) bond motifs is 1. The molecule has 0 unspecified atom stereocenters. The lowest BCUT2D eigenvalue weighted by Crippen LogP contribution is -2.37. The second-order valence-corrected chi connectivity index (χ2v) is 5.81. The molecule has 0 saturated carbocycles. The molecule has 0 spiro atoms. The number of carbonyl (C=O) groups is 1. The zero-order valence-electron chi connectivity index (χ0n) is 13.1. The SMILES string of the molecule is COC(=O)c1ccc(Cn2c(Br)nc3c(=O)n(C)c(=O)n(C)c32)o1. The first kappa shape index (κ1) is 16.2. The fraction of sp³-hybridized carbons (Fsp3) is 0.286. The highest BCUT2D eigenvalue weighted by molar-refractivity contribution is 9.10. The molecule has 3 rings (SSSR count). The number of esters is 1. The summed E-state index contributed by atoms with van der Waals surface area (Å²) in [5.74, 6) is -0.0709. The summed E-state index contributed by atoms with van der Waals surface area (Å²) in [5, 5.41) is 0. The highest BCUT2D eigenvalue weighted by Crippen LogP contribution is 2.19. The molecule has 0 bridgehead atoms. The normalized spacial score (nSPS) is 11.2. The van der Waals surface area contributed by atoms with Crippen LogP contribution < -0.4 is 11.2 Å². The Hall–Kier alpha value is -2.62. The summed E-state index contributed by atoms with van der Waals surface area (Å²) in [6, 6.07) is 3.11. The lowest BCUT2D eigenvalue weighted by atomic mass is 10.4. The fourth-order valence-corrected chi connectivity index (χ4v) is 2.90. The van der Waals surface area contributed by atoms with Gasteiger partial charge in [-0.25, -0.2) is 14.6 Å². The number of furan rings is 1. The van der Waals surface area contributed by atoms with Gasteiger partial charge >= 0.3 is 11.7 Å². The smallest absolute Gasteiger partial charge is 0.373 e. The summed E-state index contributed by atoms with van der Waals surface area (Å²) in [4.78, 5) is 40.0. The minimum atomic E-state index is -0.586. The molecule has 126 valence electrons. The highest BCUT2D eigenvalue weighted by Gasteiger charge is 2.19. The van der Waals surface area contributed by atoms with Gasteiger partial charge in [0.1, 0.15) is 5.76 Å². The van der Waals surface area contributed by atoms with Crippen molar-refractivity contribution in [3.8, 4) is 0 Å². The molecule has 9 nitrogen and oxygen atoms in total. The number of nitrogens with zero attached hydrogens (tertiary/aromatic N) is 4. The molecule has 0 fully saturated rings. The number of aromatic nitrogens is 4. The second-order valence-electron chi connectivity index (χ2n) is 5.10. The van der Waals surface area contributed by atoms with Crippen LogP contribution in [0.2, 0.25) is 0 Å². The molecule has 0 N–H and O–H groups in total. The van der Waals surface area contributed by atoms with Crippen molar-refractivity contribution >= 4 is 33.1 Å². The van der Waals surface area contributed by atoms with Crippen molar-refractivity contribution in [2.24, 2.45) is 14.1 Å². The molecule has 0 aliphatic carbocycles. The van der Waals surface area contributed by atoms with E-state index in [1.807, 2.05) is 0 Å². The third kappa shape index (κ3) is 2.39. The van der Waals surface area contributed by atoms with Crippen LogP contribution in [0.15, 0.2) is 30.9 Å². The average molecular weight is 397 g/mol. The third-order valence-corrected chi connectivity index (χ3v) is 4.26. The maximum atomic E-state index is 12.2. The number of methoxy groups -OCH3 is 1. The number of hydrogen-bond acceptors (Lipinski definition) is 6. The van der Waals surface area contributed by atoms with Crippen molar-refractivity contribution in [1.82, 2.24) is 18.7 Å². The summed E-state index contributed by atoms with van der Waals surface area (Å²) in [6.45, 7) is 0.175. The Balaban J connectivity index is 2.15. The van der Waals surface area contributed by atoms with E-state index in [9.17, 15) is 14.4 Å². The Morgan fingerprint density at radius 1 is 1.29 bits per heavy atom. The molecule has 24 heavy (non-hydrogen) atoms. The quantitative estimate of drug-likeness (QED) is 0.475. The first-order chi connectivity index (χ1) is 11.3. The Labute approximate surface area is 143 Å². The van der Waals surface area contributed by atoms with Gasteiger partial charge < -0.3 is 9.15 Å². The maximum absolute atomic E-state index is 12.2. The summed E-state index contributed by atoms with van der Waals surface area (Å²) in [6.07, 6.45) is 0. The molecule has 3 aromatic rings. The molecule has 0 aliphatic heterocycles. The van der Waals surface area contributed by atoms with Crippen molar-refractivity contribution < 1.29 is 13.9 Å². The zero-order valence-corrected chi connectivity index (χ0v) is 14.7. The number of halogens is 1. The van der Waals surface area contributed by atoms with Gasteiger partial charge in [-0.1, -0.05) is 0 Å². The van der Waals surface area contributed by atoms with Gasteiger partial charge in [0.2, 0.25) is 5.76 Å². The number of aryl methyl sites for hydroxylation is 1. The van der Waals surface area contributed by atoms with E-state index in [1.165, 1.54) is 24.8 Å². The van der Waals surface area contributed by atoms with E-state index < -0.39 is 17.2 Å². The molecule has 3 aromatic heterocycles. The van der Waals surface area contributed by atoms with Gasteiger partial charge in [0.15, 0.2) is 15.9 Å². The van der Waals surface area contributed by atoms with Crippen molar-refractivity contribution in [3.63, 3.8) is 0 Å². The Morgan fingerprint density at radius 3 is 2.67 bits per heavy atom. The van der Waals surface area contributed by atoms with Crippen molar-refractivity contribution in [1.29, 1.82) is 0 Å². The predicted octanol–water partition coefficient (Wildman–Crippen LogP) is 0.624. The Kier molecular flexibility index (Phi) is 3.91. The van der Waals surface area contributed by atoms with Crippen LogP contribution in [0.4, 0.5) is 0 Å². The first-order valence-electron chi connectivity index (χ1n) is 6.84. The number of hydrogen-bond donors (Lipinski definition) is 0. The molecule has 3 heterocycles. The van der Waals surface area contributed by atoms with Crippen LogP contribution in [-0.4, -0.2) is 31.8 Å². The number of carbonyl (C=O) groups excluding carboxylic acids is 1. The van der Waals surface area contributed by atoms with Gasteiger partial charge in [0, 0.05) is 14.1 Å². The maximum Gasteiger partial charge on any atom is 0.373 e. The monoisotopic (exact) mass is 396 g/mol. The van der Waals surface area contributed by atoms with E-state index in [2.05, 4.69) is 25.7 Å². The third-order valence-electron chi connectivity index (χ3n) is 3.66. The summed E-state index contributed by atoms with van der Waals surface area (Å²) >= 11 is 3.29. The number of imidazole rings is 1. The molecule has 0 saturated heterocycles. The standard InChI is InChI=1S/C14H13BrN4O5/c1-17-10-9(11(20)18(2)14(17)22)16-13(15)19(10)6-7-4-5-8(24-7)12(21)23-3/h4-5H,6H2,1-3H3. The predicted molar refractivity (Wildman–Crippen MR) is 87.1 cm³/mol. The second kappa shape index (κ2) is 5.78. The molecule has 0 radical (unpaired) electrons. The summed E-state index contributed by atoms with van der Waals surface area (Å²) in [7, 11) is 4.21. The van der Waals surface area contributed by atoms with E-state index in [4.69, 9.17) is 4.42 Å². The Morgan fingerprint density at radius 2 is 2.00 bits per heavy atom. The number of ether oxygens (including phenoxy) is 1. The van der Waals surface area contributed by atoms with Crippen LogP contribution in [0.25, 0.3) is 11.2 Å². The minimum absolute atomic E-state index is 0.0675. The summed E-state index contributed by atoms with van der Waals surface area (Å²) < 4.78 is 14.3. The van der Waals surface area contributed by atoms with Crippen LogP contribution in [0.3, 0.4) is 0 Å². The first-order valence-corrected chi connectivity index (χ1v) is 7.63. The van der Waals surface area contributed by atoms with Gasteiger partial charge in [-0.15, -0.1) is 0 Å². The fourth-order valence-electron chi connectivity index (χ4n) is 2.43. The lowest BCUT2D eigenvalue weighted by Gasteiger charge is -2.08. The molecule has 10 heteroatoms. The topological polar surface area (TPSA) is 101 Å². The molecule has 0 aromatic carbocycles. The van der Waals surface area contributed by atoms with Crippen LogP contribution in [0.5, 0.6) is 0 Å². The molecular formula is C14H13BrN4O5. The Bertz CT molecular complexity index is 1070. The van der Waals surface area contributed by atoms with Crippen LogP contribution >= 0.6 is 15.9 Å². The summed E-state index contributed by atoms with van der Waals surface area (Å²) in [5.41, 5.74) is -0.435. The van der Waals surface area contributed by atoms with E-state index in [1.54, 1.807) is 17.7 Å². The van der Waals surface area contributed by atoms with Gasteiger partial charge in [0.25, 0.3) is 5.56 Å². The van der Waals surface area contributed by atoms with Gasteiger partial charge in [0.05, 0.1) is 13.7 Å². The lowest BCUT2D eigenvalue weighted by molar-refractivity contribution is 0.0563. The van der Waals surface area contributed by atoms with Crippen LogP contribution in [-0.2, 0) is 25.4 Å². The molecule has 0 amide bonds.